The van der Waals surface area contributed by atoms with Crippen LogP contribution in [0.4, 0.5) is 4.39 Å². The summed E-state index contributed by atoms with van der Waals surface area (Å²) < 4.78 is 14.9. The highest BCUT2D eigenvalue weighted by Crippen LogP contribution is 2.29. The number of hydrogen-bond donors (Lipinski definition) is 1. The maximum Gasteiger partial charge on any atom is 0.137 e. The van der Waals surface area contributed by atoms with Crippen molar-refractivity contribution in [2.75, 3.05) is 6.54 Å². The van der Waals surface area contributed by atoms with Crippen molar-refractivity contribution < 1.29 is 4.39 Å². The zero-order valence-electron chi connectivity index (χ0n) is 10.5. The lowest BCUT2D eigenvalue weighted by atomic mass is 10.2. The highest BCUT2D eigenvalue weighted by atomic mass is 79.9. The number of hydrogen-bond acceptors (Lipinski definition) is 3. The number of benzene rings is 1. The largest absolute Gasteiger partial charge is 0.313 e. The van der Waals surface area contributed by atoms with Crippen LogP contribution in [0.1, 0.15) is 12.5 Å². The molecule has 0 bridgehead atoms. The lowest BCUT2D eigenvalue weighted by Crippen LogP contribution is -2.11. The van der Waals surface area contributed by atoms with E-state index >= 15 is 0 Å². The van der Waals surface area contributed by atoms with Crippen LogP contribution in [0.25, 0.3) is 0 Å². The molecule has 19 heavy (non-hydrogen) atoms. The van der Waals surface area contributed by atoms with Gasteiger partial charge in [-0.05, 0) is 52.3 Å². The summed E-state index contributed by atoms with van der Waals surface area (Å²) in [6.45, 7) is 3.59. The first kappa shape index (κ1) is 14.5. The topological polar surface area (TPSA) is 24.9 Å². The second-order valence-corrected chi connectivity index (χ2v) is 5.94. The van der Waals surface area contributed by atoms with Crippen molar-refractivity contribution in [1.29, 1.82) is 0 Å². The molecule has 2 nitrogen and oxygen atoms in total. The summed E-state index contributed by atoms with van der Waals surface area (Å²) in [5.74, 6) is -0.204. The van der Waals surface area contributed by atoms with E-state index in [9.17, 15) is 4.39 Å². The summed E-state index contributed by atoms with van der Waals surface area (Å²) in [4.78, 5) is 4.82. The molecule has 5 heteroatoms. The standard InChI is InChI=1S/C14H14BrFN2S/c1-2-17-8-10-3-5-13(12(16)7-10)19-14-6-4-11(15)9-18-14/h3-7,9,17H,2,8H2,1H3. The van der Waals surface area contributed by atoms with Gasteiger partial charge in [0.15, 0.2) is 0 Å². The lowest BCUT2D eigenvalue weighted by Gasteiger charge is -2.06. The van der Waals surface area contributed by atoms with E-state index < -0.39 is 0 Å². The van der Waals surface area contributed by atoms with Gasteiger partial charge in [0.25, 0.3) is 0 Å². The molecule has 100 valence electrons. The molecule has 0 spiro atoms. The number of rotatable bonds is 5. The summed E-state index contributed by atoms with van der Waals surface area (Å²) in [6.07, 6.45) is 1.71. The van der Waals surface area contributed by atoms with Gasteiger partial charge in [-0.1, -0.05) is 24.8 Å². The van der Waals surface area contributed by atoms with E-state index in [-0.39, 0.29) is 5.82 Å². The first-order valence-corrected chi connectivity index (χ1v) is 7.58. The maximum absolute atomic E-state index is 14.0. The minimum atomic E-state index is -0.204. The van der Waals surface area contributed by atoms with Gasteiger partial charge in [-0.15, -0.1) is 0 Å². The fourth-order valence-corrected chi connectivity index (χ4v) is 2.54. The van der Waals surface area contributed by atoms with Crippen molar-refractivity contribution in [2.45, 2.75) is 23.4 Å². The van der Waals surface area contributed by atoms with Crippen LogP contribution in [-0.4, -0.2) is 11.5 Å². The van der Waals surface area contributed by atoms with E-state index in [1.54, 1.807) is 18.3 Å². The molecular weight excluding hydrogens is 327 g/mol. The van der Waals surface area contributed by atoms with Crippen molar-refractivity contribution in [1.82, 2.24) is 10.3 Å². The molecule has 0 saturated carbocycles. The number of halogens is 2. The molecule has 0 aliphatic heterocycles. The number of nitrogens with zero attached hydrogens (tertiary/aromatic N) is 1. The first-order valence-electron chi connectivity index (χ1n) is 5.97. The number of nitrogens with one attached hydrogen (secondary N) is 1. The van der Waals surface area contributed by atoms with E-state index in [0.29, 0.717) is 11.4 Å². The molecule has 0 saturated heterocycles. The predicted molar refractivity (Wildman–Crippen MR) is 79.8 cm³/mol. The summed E-state index contributed by atoms with van der Waals surface area (Å²) in [7, 11) is 0. The van der Waals surface area contributed by atoms with E-state index in [0.717, 1.165) is 21.6 Å². The molecule has 2 aromatic rings. The Bertz CT molecular complexity index is 546. The third-order valence-corrected chi connectivity index (χ3v) is 3.96. The quantitative estimate of drug-likeness (QED) is 0.880. The van der Waals surface area contributed by atoms with Gasteiger partial charge in [0.05, 0.1) is 0 Å². The zero-order valence-corrected chi connectivity index (χ0v) is 12.9. The Balaban J connectivity index is 2.10. The van der Waals surface area contributed by atoms with Crippen LogP contribution in [0.5, 0.6) is 0 Å². The van der Waals surface area contributed by atoms with Crippen LogP contribution >= 0.6 is 27.7 Å². The minimum Gasteiger partial charge on any atom is -0.313 e. The average molecular weight is 341 g/mol. The Labute approximate surface area is 125 Å². The molecule has 1 heterocycles. The van der Waals surface area contributed by atoms with Crippen LogP contribution in [-0.2, 0) is 6.54 Å². The molecule has 0 aliphatic rings. The third kappa shape index (κ3) is 4.30. The van der Waals surface area contributed by atoms with Gasteiger partial charge < -0.3 is 5.32 Å². The Morgan fingerprint density at radius 2 is 2.16 bits per heavy atom. The van der Waals surface area contributed by atoms with Crippen molar-refractivity contribution in [3.8, 4) is 0 Å². The molecule has 0 atom stereocenters. The van der Waals surface area contributed by atoms with Crippen molar-refractivity contribution >= 4 is 27.7 Å². The normalized spacial score (nSPS) is 10.7. The van der Waals surface area contributed by atoms with E-state index in [1.807, 2.05) is 25.1 Å². The summed E-state index contributed by atoms with van der Waals surface area (Å²) in [6, 6.07) is 9.07. The van der Waals surface area contributed by atoms with Crippen molar-refractivity contribution in [3.63, 3.8) is 0 Å². The fourth-order valence-electron chi connectivity index (χ4n) is 1.54. The Morgan fingerprint density at radius 1 is 1.32 bits per heavy atom. The Hall–Kier alpha value is -0.910. The minimum absolute atomic E-state index is 0.204. The van der Waals surface area contributed by atoms with Crippen LogP contribution < -0.4 is 5.32 Å². The molecule has 1 N–H and O–H groups in total. The number of aromatic nitrogens is 1. The molecule has 0 aliphatic carbocycles. The number of pyridine rings is 1. The summed E-state index contributed by atoms with van der Waals surface area (Å²) in [5, 5.41) is 3.96. The molecule has 0 radical (unpaired) electrons. The summed E-state index contributed by atoms with van der Waals surface area (Å²) in [5.41, 5.74) is 0.951. The first-order chi connectivity index (χ1) is 9.19. The maximum atomic E-state index is 14.0. The SMILES string of the molecule is CCNCc1ccc(Sc2ccc(Br)cn2)c(F)c1. The molecular formula is C14H14BrFN2S. The van der Waals surface area contributed by atoms with E-state index in [2.05, 4.69) is 26.2 Å². The molecule has 0 amide bonds. The second kappa shape index (κ2) is 7.03. The Kier molecular flexibility index (Phi) is 5.36. The van der Waals surface area contributed by atoms with Gasteiger partial charge in [0.1, 0.15) is 10.8 Å². The van der Waals surface area contributed by atoms with Gasteiger partial charge >= 0.3 is 0 Å². The van der Waals surface area contributed by atoms with Crippen LogP contribution in [0.2, 0.25) is 0 Å². The Morgan fingerprint density at radius 3 is 2.79 bits per heavy atom. The smallest absolute Gasteiger partial charge is 0.137 e. The van der Waals surface area contributed by atoms with Gasteiger partial charge in [0.2, 0.25) is 0 Å². The van der Waals surface area contributed by atoms with Gasteiger partial charge in [-0.2, -0.15) is 0 Å². The molecule has 2 rings (SSSR count). The lowest BCUT2D eigenvalue weighted by molar-refractivity contribution is 0.596. The van der Waals surface area contributed by atoms with E-state index in [4.69, 9.17) is 0 Å². The highest BCUT2D eigenvalue weighted by Gasteiger charge is 2.06. The van der Waals surface area contributed by atoms with Gasteiger partial charge in [-0.25, -0.2) is 9.37 Å². The van der Waals surface area contributed by atoms with E-state index in [1.165, 1.54) is 11.8 Å². The van der Waals surface area contributed by atoms with Crippen LogP contribution in [0, 0.1) is 5.82 Å². The van der Waals surface area contributed by atoms with Crippen LogP contribution in [0.3, 0.4) is 0 Å². The highest BCUT2D eigenvalue weighted by molar-refractivity contribution is 9.10. The van der Waals surface area contributed by atoms with Gasteiger partial charge in [0, 0.05) is 22.1 Å². The molecule has 1 aromatic carbocycles. The zero-order chi connectivity index (χ0) is 13.7. The second-order valence-electron chi connectivity index (χ2n) is 3.96. The van der Waals surface area contributed by atoms with Gasteiger partial charge in [-0.3, -0.25) is 0 Å². The third-order valence-electron chi connectivity index (χ3n) is 2.49. The predicted octanol–water partition coefficient (Wildman–Crippen LogP) is 4.24. The molecule has 0 unspecified atom stereocenters. The molecule has 0 fully saturated rings. The average Bonchev–Trinajstić information content (AvgIpc) is 2.41. The molecule has 1 aromatic heterocycles. The monoisotopic (exact) mass is 340 g/mol. The van der Waals surface area contributed by atoms with Crippen LogP contribution in [0.15, 0.2) is 50.9 Å². The van der Waals surface area contributed by atoms with Crippen molar-refractivity contribution in [2.24, 2.45) is 0 Å². The summed E-state index contributed by atoms with van der Waals surface area (Å²) >= 11 is 4.65. The van der Waals surface area contributed by atoms with Crippen molar-refractivity contribution in [3.05, 3.63) is 52.4 Å². The fraction of sp³-hybridized carbons (Fsp3) is 0.214.